The molecule has 5 amide bonds. The van der Waals surface area contributed by atoms with E-state index in [0.29, 0.717) is 11.3 Å². The molecule has 0 spiro atoms. The van der Waals surface area contributed by atoms with E-state index in [1.807, 2.05) is 30.3 Å². The molecule has 19 heteroatoms. The van der Waals surface area contributed by atoms with E-state index in [1.165, 1.54) is 6.33 Å². The van der Waals surface area contributed by atoms with Gasteiger partial charge in [0.1, 0.15) is 24.2 Å². The van der Waals surface area contributed by atoms with Crippen molar-refractivity contribution in [3.63, 3.8) is 0 Å². The molecule has 1 saturated carbocycles. The average Bonchev–Trinajstić information content (AvgIpc) is 3.96. The number of aromatic nitrogens is 3. The van der Waals surface area contributed by atoms with Crippen LogP contribution in [-0.4, -0.2) is 105 Å². The molecule has 63 heavy (non-hydrogen) atoms. The zero-order chi connectivity index (χ0) is 45.3. The maximum Gasteiger partial charge on any atom is 0.243 e. The number of nitrogens with one attached hydrogen (secondary N) is 9. The summed E-state index contributed by atoms with van der Waals surface area (Å²) in [6, 6.07) is 9.84. The summed E-state index contributed by atoms with van der Waals surface area (Å²) in [5, 5.41) is 25.1. The highest BCUT2D eigenvalue weighted by atomic mass is 32.1. The molecule has 0 saturated heterocycles. The predicted molar refractivity (Wildman–Crippen MR) is 242 cm³/mol. The quantitative estimate of drug-likeness (QED) is 0.0218. The number of benzene rings is 2. The molecule has 2 heterocycles. The SMILES string of the molecule is C[C@@H](NC(=O)[C@@H](Cc1c[nH]c2ccccc12)NC(=O)[C@H](CCCNC(=N)N)NC(=O)[C@@H](Cc1ccccc1)NC(=O)[C@H](Cc1c[nH]cn1)NC(=O)[C@@H](N)CS)C(=O)C1CCCCC1. The van der Waals surface area contributed by atoms with Crippen molar-refractivity contribution >= 4 is 64.8 Å². The third kappa shape index (κ3) is 14.4. The number of Topliss-reactive ketones (excluding diaryl/α,β-unsaturated/α-hetero) is 1. The number of carbonyl (C=O) groups is 6. The first-order valence-corrected chi connectivity index (χ1v) is 22.0. The molecule has 6 atom stereocenters. The molecular weight excluding hydrogens is 825 g/mol. The molecule has 0 unspecified atom stereocenters. The van der Waals surface area contributed by atoms with Gasteiger partial charge >= 0.3 is 0 Å². The van der Waals surface area contributed by atoms with E-state index in [-0.39, 0.29) is 62.1 Å². The minimum absolute atomic E-state index is 0.0103. The van der Waals surface area contributed by atoms with Gasteiger partial charge in [-0.25, -0.2) is 4.98 Å². The Bertz CT molecular complexity index is 2160. The highest BCUT2D eigenvalue weighted by molar-refractivity contribution is 7.80. The predicted octanol–water partition coefficient (Wildman–Crippen LogP) is 1.03. The Labute approximate surface area is 372 Å². The van der Waals surface area contributed by atoms with Gasteiger partial charge in [0.2, 0.25) is 29.5 Å². The number of imidazole rings is 1. The summed E-state index contributed by atoms with van der Waals surface area (Å²) in [6.45, 7) is 1.85. The Morgan fingerprint density at radius 2 is 1.38 bits per heavy atom. The summed E-state index contributed by atoms with van der Waals surface area (Å²) in [4.78, 5) is 93.6. The topological polar surface area (TPSA) is 295 Å². The van der Waals surface area contributed by atoms with Crippen LogP contribution in [0.5, 0.6) is 0 Å². The molecule has 1 aliphatic carbocycles. The van der Waals surface area contributed by atoms with Crippen LogP contribution < -0.4 is 43.4 Å². The first-order valence-electron chi connectivity index (χ1n) is 21.4. The third-order valence-corrected chi connectivity index (χ3v) is 11.6. The molecule has 2 aromatic carbocycles. The number of nitrogens with zero attached hydrogens (tertiary/aromatic N) is 1. The smallest absolute Gasteiger partial charge is 0.243 e. The van der Waals surface area contributed by atoms with Gasteiger partial charge in [-0.3, -0.25) is 34.2 Å². The van der Waals surface area contributed by atoms with Gasteiger partial charge in [0.25, 0.3) is 0 Å². The summed E-state index contributed by atoms with van der Waals surface area (Å²) in [5.74, 6) is -3.74. The number of carbonyl (C=O) groups excluding carboxylic acids is 6. The monoisotopic (exact) mass is 884 g/mol. The normalized spacial score (nSPS) is 15.7. The number of para-hydroxylation sites is 1. The number of aromatic amines is 2. The fourth-order valence-electron chi connectivity index (χ4n) is 7.71. The molecule has 1 aliphatic rings. The number of thiol groups is 1. The van der Waals surface area contributed by atoms with Gasteiger partial charge in [0.15, 0.2) is 11.7 Å². The van der Waals surface area contributed by atoms with Crippen molar-refractivity contribution in [3.8, 4) is 0 Å². The molecular formula is C44H60N12O6S. The molecule has 4 aromatic rings. The molecule has 0 bridgehead atoms. The summed E-state index contributed by atoms with van der Waals surface area (Å²) >= 11 is 4.11. The van der Waals surface area contributed by atoms with Crippen LogP contribution in [0.15, 0.2) is 73.3 Å². The Kier molecular flexibility index (Phi) is 18.1. The number of fused-ring (bicyclic) bond motifs is 1. The van der Waals surface area contributed by atoms with E-state index in [2.05, 4.69) is 59.5 Å². The van der Waals surface area contributed by atoms with Gasteiger partial charge in [-0.05, 0) is 49.8 Å². The first-order chi connectivity index (χ1) is 30.3. The number of hydrogen-bond donors (Lipinski definition) is 12. The number of ketones is 1. The number of amides is 5. The number of guanidine groups is 1. The molecule has 338 valence electrons. The molecule has 13 N–H and O–H groups in total. The van der Waals surface area contributed by atoms with Crippen molar-refractivity contribution in [2.24, 2.45) is 17.4 Å². The van der Waals surface area contributed by atoms with Crippen LogP contribution in [0.3, 0.4) is 0 Å². The lowest BCUT2D eigenvalue weighted by Gasteiger charge is -2.28. The fourth-order valence-corrected chi connectivity index (χ4v) is 7.88. The molecule has 2 aromatic heterocycles. The van der Waals surface area contributed by atoms with Crippen molar-refractivity contribution in [2.75, 3.05) is 12.3 Å². The largest absolute Gasteiger partial charge is 0.370 e. The summed E-state index contributed by atoms with van der Waals surface area (Å²) in [5.41, 5.74) is 14.2. The molecule has 0 radical (unpaired) electrons. The second-order valence-corrected chi connectivity index (χ2v) is 16.4. The zero-order valence-electron chi connectivity index (χ0n) is 35.5. The minimum Gasteiger partial charge on any atom is -0.370 e. The maximum atomic E-state index is 14.5. The maximum absolute atomic E-state index is 14.5. The lowest BCUT2D eigenvalue weighted by Crippen LogP contribution is -2.60. The number of hydrogen-bond acceptors (Lipinski definition) is 10. The van der Waals surface area contributed by atoms with Crippen molar-refractivity contribution in [3.05, 3.63) is 90.1 Å². The number of rotatable bonds is 23. The van der Waals surface area contributed by atoms with E-state index < -0.39 is 65.8 Å². The minimum atomic E-state index is -1.25. The number of H-pyrrole nitrogens is 2. The van der Waals surface area contributed by atoms with E-state index >= 15 is 0 Å². The highest BCUT2D eigenvalue weighted by Crippen LogP contribution is 2.25. The van der Waals surface area contributed by atoms with Crippen molar-refractivity contribution in [1.82, 2.24) is 46.9 Å². The summed E-state index contributed by atoms with van der Waals surface area (Å²) in [7, 11) is 0. The van der Waals surface area contributed by atoms with Gasteiger partial charge in [-0.2, -0.15) is 12.6 Å². The van der Waals surface area contributed by atoms with E-state index in [0.717, 1.165) is 48.6 Å². The lowest BCUT2D eigenvalue weighted by atomic mass is 9.84. The van der Waals surface area contributed by atoms with Crippen LogP contribution in [0.25, 0.3) is 10.9 Å². The van der Waals surface area contributed by atoms with Crippen molar-refractivity contribution < 1.29 is 28.8 Å². The molecule has 0 aliphatic heterocycles. The van der Waals surface area contributed by atoms with E-state index in [1.54, 1.807) is 43.6 Å². The summed E-state index contributed by atoms with van der Waals surface area (Å²) < 4.78 is 0. The van der Waals surface area contributed by atoms with Crippen LogP contribution in [0.2, 0.25) is 0 Å². The zero-order valence-corrected chi connectivity index (χ0v) is 36.3. The Morgan fingerprint density at radius 1 is 0.778 bits per heavy atom. The average molecular weight is 885 g/mol. The van der Waals surface area contributed by atoms with Gasteiger partial charge in [-0.15, -0.1) is 0 Å². The number of nitrogens with two attached hydrogens (primary N) is 2. The van der Waals surface area contributed by atoms with E-state index in [4.69, 9.17) is 16.9 Å². The first kappa shape index (κ1) is 47.8. The highest BCUT2D eigenvalue weighted by Gasteiger charge is 2.34. The van der Waals surface area contributed by atoms with Crippen LogP contribution in [0.4, 0.5) is 0 Å². The van der Waals surface area contributed by atoms with Gasteiger partial charge in [-0.1, -0.05) is 67.8 Å². The lowest BCUT2D eigenvalue weighted by molar-refractivity contribution is -0.135. The molecule has 1 fully saturated rings. The van der Waals surface area contributed by atoms with Crippen molar-refractivity contribution in [2.45, 2.75) is 107 Å². The van der Waals surface area contributed by atoms with E-state index in [9.17, 15) is 28.8 Å². The molecule has 18 nitrogen and oxygen atoms in total. The fraction of sp³-hybridized carbons (Fsp3) is 0.455. The Hall–Kier alpha value is -6.21. The summed E-state index contributed by atoms with van der Waals surface area (Å²) in [6.07, 6.45) is 9.64. The van der Waals surface area contributed by atoms with Crippen LogP contribution in [0.1, 0.15) is 68.7 Å². The Balaban J connectivity index is 1.40. The van der Waals surface area contributed by atoms with Crippen LogP contribution in [0, 0.1) is 11.3 Å². The Morgan fingerprint density at radius 3 is 2.05 bits per heavy atom. The molecule has 5 rings (SSSR count). The second-order valence-electron chi connectivity index (χ2n) is 16.0. The van der Waals surface area contributed by atoms with Gasteiger partial charge in [0, 0.05) is 60.8 Å². The van der Waals surface area contributed by atoms with Crippen LogP contribution in [-0.2, 0) is 48.0 Å². The van der Waals surface area contributed by atoms with Gasteiger partial charge in [0.05, 0.1) is 24.1 Å². The van der Waals surface area contributed by atoms with Gasteiger partial charge < -0.3 is 53.3 Å². The van der Waals surface area contributed by atoms with Crippen molar-refractivity contribution in [1.29, 1.82) is 5.41 Å². The standard InChI is InChI=1S/C44H60N12O6S/c1-26(38(57)28-13-6-3-7-14-28)52-41(60)36(20-29-22-50-33-16-9-8-15-31(29)33)56-40(59)34(17-10-18-49-44(46)47)53-42(61)35(19-27-11-4-2-5-12-27)55-43(62)37(21-30-23-48-25-51-30)54-39(58)32(45)24-63/h2,4-5,8-9,11-12,15-16,22-23,25-26,28,32,34-37,50,63H,3,6-7,10,13-14,17-21,24,45H2,1H3,(H,48,51)(H,52,60)(H,53,61)(H,54,58)(H,55,62)(H,56,59)(H4,46,47,49)/t26-,32+,34+,35-,36-,37+/m1/s1. The van der Waals surface area contributed by atoms with Crippen LogP contribution >= 0.6 is 12.6 Å². The second kappa shape index (κ2) is 23.9. The third-order valence-electron chi connectivity index (χ3n) is 11.2.